The van der Waals surface area contributed by atoms with Crippen molar-refractivity contribution in [2.45, 2.75) is 140 Å². The SMILES string of the molecule is CC(C)[Si](C)(C)C1(OC2([Si](C)(C)C(C)C)CCCCC2)CCCCC1. The summed E-state index contributed by atoms with van der Waals surface area (Å²) in [6.07, 6.45) is 13.8. The zero-order chi connectivity index (χ0) is 18.9. The average molecular weight is 383 g/mol. The molecule has 0 N–H and O–H groups in total. The standard InChI is InChI=1S/C22H46OSi2/c1-19(2)24(5,6)21(15-11-9-12-16-21)23-22(17-13-10-14-18-22)25(7,8)20(3)4/h19-20H,9-18H2,1-8H3. The van der Waals surface area contributed by atoms with Gasteiger partial charge in [-0.25, -0.2) is 0 Å². The fourth-order valence-corrected chi connectivity index (χ4v) is 11.8. The van der Waals surface area contributed by atoms with Crippen LogP contribution in [-0.4, -0.2) is 26.6 Å². The molecule has 25 heavy (non-hydrogen) atoms. The third-order valence-corrected chi connectivity index (χ3v) is 20.6. The lowest BCUT2D eigenvalue weighted by Crippen LogP contribution is -2.68. The molecule has 1 nitrogen and oxygen atoms in total. The van der Waals surface area contributed by atoms with Crippen molar-refractivity contribution in [3.05, 3.63) is 0 Å². The topological polar surface area (TPSA) is 9.23 Å². The summed E-state index contributed by atoms with van der Waals surface area (Å²) in [5.74, 6) is 0. The molecule has 2 saturated carbocycles. The van der Waals surface area contributed by atoms with Gasteiger partial charge < -0.3 is 4.74 Å². The fraction of sp³-hybridized carbons (Fsp3) is 1.00. The highest BCUT2D eigenvalue weighted by Crippen LogP contribution is 2.52. The Morgan fingerprint density at radius 1 is 0.560 bits per heavy atom. The van der Waals surface area contributed by atoms with Gasteiger partial charge in [0, 0.05) is 0 Å². The molecule has 3 heteroatoms. The molecule has 0 aromatic carbocycles. The molecule has 0 bridgehead atoms. The number of hydrogen-bond donors (Lipinski definition) is 0. The first kappa shape index (κ1) is 21.7. The maximum absolute atomic E-state index is 7.68. The normalized spacial score (nSPS) is 24.7. The van der Waals surface area contributed by atoms with Crippen molar-refractivity contribution in [1.29, 1.82) is 0 Å². The average Bonchev–Trinajstić information content (AvgIpc) is 2.56. The van der Waals surface area contributed by atoms with Crippen molar-refractivity contribution in [2.75, 3.05) is 0 Å². The molecule has 0 atom stereocenters. The third-order valence-electron chi connectivity index (χ3n) is 8.95. The summed E-state index contributed by atoms with van der Waals surface area (Å²) in [5, 5.41) is 0.464. The molecule has 2 fully saturated rings. The molecule has 148 valence electrons. The van der Waals surface area contributed by atoms with E-state index in [1.807, 2.05) is 0 Å². The van der Waals surface area contributed by atoms with Crippen LogP contribution in [0.25, 0.3) is 0 Å². The highest BCUT2D eigenvalue weighted by Gasteiger charge is 2.58. The van der Waals surface area contributed by atoms with Crippen LogP contribution in [0, 0.1) is 0 Å². The lowest BCUT2D eigenvalue weighted by molar-refractivity contribution is -0.113. The molecule has 0 aliphatic heterocycles. The second-order valence-electron chi connectivity index (χ2n) is 11.0. The predicted octanol–water partition coefficient (Wildman–Crippen LogP) is 7.72. The van der Waals surface area contributed by atoms with Crippen LogP contribution in [0.15, 0.2) is 0 Å². The third kappa shape index (κ3) is 3.85. The molecule has 2 aliphatic carbocycles. The minimum Gasteiger partial charge on any atom is -0.376 e. The summed E-state index contributed by atoms with van der Waals surface area (Å²) >= 11 is 0. The second kappa shape index (κ2) is 7.79. The molecule has 0 amide bonds. The van der Waals surface area contributed by atoms with E-state index in [-0.39, 0.29) is 10.4 Å². The first-order chi connectivity index (χ1) is 11.5. The Balaban J connectivity index is 2.46. The van der Waals surface area contributed by atoms with Crippen LogP contribution in [0.5, 0.6) is 0 Å². The van der Waals surface area contributed by atoms with Gasteiger partial charge >= 0.3 is 0 Å². The van der Waals surface area contributed by atoms with E-state index in [1.165, 1.54) is 64.2 Å². The molecule has 0 spiro atoms. The van der Waals surface area contributed by atoms with Gasteiger partial charge in [-0.1, -0.05) is 92.4 Å². The van der Waals surface area contributed by atoms with Crippen molar-refractivity contribution in [1.82, 2.24) is 0 Å². The zero-order valence-corrected chi connectivity index (χ0v) is 20.6. The van der Waals surface area contributed by atoms with Crippen molar-refractivity contribution in [3.63, 3.8) is 0 Å². The maximum atomic E-state index is 7.68. The minimum atomic E-state index is -1.47. The monoisotopic (exact) mass is 382 g/mol. The van der Waals surface area contributed by atoms with Gasteiger partial charge in [-0.2, -0.15) is 0 Å². The van der Waals surface area contributed by atoms with Gasteiger partial charge in [0.1, 0.15) is 0 Å². The molecule has 0 aromatic rings. The zero-order valence-electron chi connectivity index (χ0n) is 18.6. The van der Waals surface area contributed by atoms with E-state index in [0.717, 1.165) is 11.1 Å². The Morgan fingerprint density at radius 3 is 1.08 bits per heavy atom. The smallest absolute Gasteiger partial charge is 0.0879 e. The van der Waals surface area contributed by atoms with Gasteiger partial charge in [0.05, 0.1) is 26.6 Å². The van der Waals surface area contributed by atoms with Crippen LogP contribution in [0.3, 0.4) is 0 Å². The van der Waals surface area contributed by atoms with E-state index in [1.54, 1.807) is 0 Å². The Hall–Kier alpha value is 0.394. The van der Waals surface area contributed by atoms with Crippen LogP contribution >= 0.6 is 0 Å². The predicted molar refractivity (Wildman–Crippen MR) is 118 cm³/mol. The molecule has 2 rings (SSSR count). The Kier molecular flexibility index (Phi) is 6.76. The Labute approximate surface area is 160 Å². The van der Waals surface area contributed by atoms with E-state index >= 15 is 0 Å². The van der Waals surface area contributed by atoms with Gasteiger partial charge in [-0.15, -0.1) is 0 Å². The molecular formula is C22H46OSi2. The summed E-state index contributed by atoms with van der Waals surface area (Å²) in [6.45, 7) is 20.5. The van der Waals surface area contributed by atoms with Crippen LogP contribution in [0.4, 0.5) is 0 Å². The van der Waals surface area contributed by atoms with E-state index < -0.39 is 16.1 Å². The first-order valence-electron chi connectivity index (χ1n) is 11.2. The fourth-order valence-electron chi connectivity index (χ4n) is 5.43. The Bertz CT molecular complexity index is 387. The molecule has 0 aromatic heterocycles. The lowest BCUT2D eigenvalue weighted by atomic mass is 9.93. The molecule has 0 radical (unpaired) electrons. The van der Waals surface area contributed by atoms with Crippen LogP contribution in [-0.2, 0) is 4.74 Å². The number of ether oxygens (including phenoxy) is 1. The van der Waals surface area contributed by atoms with Crippen LogP contribution < -0.4 is 0 Å². The maximum Gasteiger partial charge on any atom is 0.0879 e. The van der Waals surface area contributed by atoms with Gasteiger partial charge in [-0.05, 0) is 36.8 Å². The summed E-state index contributed by atoms with van der Waals surface area (Å²) in [5.41, 5.74) is 1.60. The number of rotatable bonds is 6. The summed E-state index contributed by atoms with van der Waals surface area (Å²) in [4.78, 5) is 0. The van der Waals surface area contributed by atoms with Crippen molar-refractivity contribution in [3.8, 4) is 0 Å². The molecule has 0 saturated heterocycles. The van der Waals surface area contributed by atoms with Crippen LogP contribution in [0.2, 0.25) is 37.3 Å². The summed E-state index contributed by atoms with van der Waals surface area (Å²) < 4.78 is 7.68. The molecular weight excluding hydrogens is 336 g/mol. The van der Waals surface area contributed by atoms with Crippen molar-refractivity contribution < 1.29 is 4.74 Å². The lowest BCUT2D eigenvalue weighted by Gasteiger charge is -2.59. The number of hydrogen-bond acceptors (Lipinski definition) is 1. The van der Waals surface area contributed by atoms with Gasteiger partial charge in [0.15, 0.2) is 0 Å². The van der Waals surface area contributed by atoms with Crippen LogP contribution in [0.1, 0.15) is 91.9 Å². The van der Waals surface area contributed by atoms with E-state index in [4.69, 9.17) is 4.74 Å². The van der Waals surface area contributed by atoms with Gasteiger partial charge in [-0.3, -0.25) is 0 Å². The molecule has 2 aliphatic rings. The second-order valence-corrected chi connectivity index (χ2v) is 22.0. The van der Waals surface area contributed by atoms with E-state index in [0.29, 0.717) is 0 Å². The molecule has 0 heterocycles. The highest BCUT2D eigenvalue weighted by molar-refractivity contribution is 6.83. The van der Waals surface area contributed by atoms with Crippen molar-refractivity contribution >= 4 is 16.1 Å². The highest BCUT2D eigenvalue weighted by atomic mass is 28.3. The summed E-state index contributed by atoms with van der Waals surface area (Å²) in [7, 11) is -2.95. The van der Waals surface area contributed by atoms with Crippen molar-refractivity contribution in [2.24, 2.45) is 0 Å². The largest absolute Gasteiger partial charge is 0.376 e. The van der Waals surface area contributed by atoms with E-state index in [2.05, 4.69) is 53.9 Å². The minimum absolute atomic E-state index is 0.232. The van der Waals surface area contributed by atoms with Gasteiger partial charge in [0.25, 0.3) is 0 Å². The summed E-state index contributed by atoms with van der Waals surface area (Å²) in [6, 6.07) is 0. The Morgan fingerprint density at radius 2 is 0.840 bits per heavy atom. The molecule has 0 unspecified atom stereocenters. The van der Waals surface area contributed by atoms with E-state index in [9.17, 15) is 0 Å². The quantitative estimate of drug-likeness (QED) is 0.427. The van der Waals surface area contributed by atoms with Gasteiger partial charge in [0.2, 0.25) is 0 Å². The first-order valence-corrected chi connectivity index (χ1v) is 17.4.